The maximum atomic E-state index is 11.8. The molecule has 1 aromatic heterocycles. The number of ketones is 1. The Kier molecular flexibility index (Phi) is 5.30. The standard InChI is InChI=1S/C14H20N2O4S/c1-4-19-13(18)11-12(8(2)17)21-14(16-11)15-7-10-5-6-20-9(10)3/h9-10H,4-7H2,1-3H3,(H,15,16). The number of thiazole rings is 1. The summed E-state index contributed by atoms with van der Waals surface area (Å²) < 4.78 is 10.4. The van der Waals surface area contributed by atoms with Gasteiger partial charge in [0.15, 0.2) is 16.6 Å². The van der Waals surface area contributed by atoms with Crippen molar-refractivity contribution in [3.63, 3.8) is 0 Å². The molecule has 0 radical (unpaired) electrons. The van der Waals surface area contributed by atoms with Gasteiger partial charge < -0.3 is 14.8 Å². The number of Topliss-reactive ketones (excluding diaryl/α,β-unsaturated/α-hetero) is 1. The first-order valence-corrected chi connectivity index (χ1v) is 7.89. The second-order valence-electron chi connectivity index (χ2n) is 4.98. The van der Waals surface area contributed by atoms with Crippen LogP contribution in [-0.4, -0.2) is 42.6 Å². The average Bonchev–Trinajstić information content (AvgIpc) is 3.03. The third kappa shape index (κ3) is 3.79. The fraction of sp³-hybridized carbons (Fsp3) is 0.643. The Labute approximate surface area is 127 Å². The van der Waals surface area contributed by atoms with Crippen molar-refractivity contribution in [1.82, 2.24) is 4.98 Å². The van der Waals surface area contributed by atoms with E-state index in [4.69, 9.17) is 9.47 Å². The summed E-state index contributed by atoms with van der Waals surface area (Å²) in [4.78, 5) is 28.0. The number of ether oxygens (including phenoxy) is 2. The molecule has 1 fully saturated rings. The molecule has 1 saturated heterocycles. The van der Waals surface area contributed by atoms with Crippen LogP contribution in [0.2, 0.25) is 0 Å². The Bertz CT molecular complexity index is 529. The van der Waals surface area contributed by atoms with Crippen LogP contribution >= 0.6 is 11.3 Å². The van der Waals surface area contributed by atoms with Crippen molar-refractivity contribution in [3.05, 3.63) is 10.6 Å². The maximum absolute atomic E-state index is 11.8. The normalized spacial score (nSPS) is 21.3. The summed E-state index contributed by atoms with van der Waals surface area (Å²) in [6.45, 7) is 6.94. The van der Waals surface area contributed by atoms with Gasteiger partial charge in [0.1, 0.15) is 4.88 Å². The zero-order valence-corrected chi connectivity index (χ0v) is 13.3. The molecule has 0 aliphatic carbocycles. The lowest BCUT2D eigenvalue weighted by Gasteiger charge is -2.13. The number of nitrogens with one attached hydrogen (secondary N) is 1. The van der Waals surface area contributed by atoms with E-state index in [1.54, 1.807) is 6.92 Å². The minimum absolute atomic E-state index is 0.104. The third-order valence-electron chi connectivity index (χ3n) is 3.46. The molecular formula is C14H20N2O4S. The fourth-order valence-corrected chi connectivity index (χ4v) is 3.09. The van der Waals surface area contributed by atoms with Crippen molar-refractivity contribution in [1.29, 1.82) is 0 Å². The second kappa shape index (κ2) is 7.00. The molecule has 2 unspecified atom stereocenters. The van der Waals surface area contributed by atoms with Crippen LogP contribution in [0.4, 0.5) is 5.13 Å². The summed E-state index contributed by atoms with van der Waals surface area (Å²) in [7, 11) is 0. The van der Waals surface area contributed by atoms with Crippen LogP contribution in [0.15, 0.2) is 0 Å². The van der Waals surface area contributed by atoms with Crippen molar-refractivity contribution in [2.45, 2.75) is 33.3 Å². The molecule has 2 atom stereocenters. The van der Waals surface area contributed by atoms with E-state index >= 15 is 0 Å². The molecule has 2 heterocycles. The van der Waals surface area contributed by atoms with Crippen molar-refractivity contribution < 1.29 is 19.1 Å². The summed E-state index contributed by atoms with van der Waals surface area (Å²) in [6.07, 6.45) is 1.22. The molecule has 6 nitrogen and oxygen atoms in total. The first-order chi connectivity index (χ1) is 10.0. The predicted molar refractivity (Wildman–Crippen MR) is 80.1 cm³/mol. The minimum Gasteiger partial charge on any atom is -0.461 e. The molecule has 0 aromatic carbocycles. The fourth-order valence-electron chi connectivity index (χ4n) is 2.23. The van der Waals surface area contributed by atoms with Gasteiger partial charge in [-0.05, 0) is 20.3 Å². The highest BCUT2D eigenvalue weighted by Crippen LogP contribution is 2.26. The smallest absolute Gasteiger partial charge is 0.358 e. The Morgan fingerprint density at radius 3 is 2.86 bits per heavy atom. The third-order valence-corrected chi connectivity index (χ3v) is 4.58. The highest BCUT2D eigenvalue weighted by Gasteiger charge is 2.26. The molecule has 7 heteroatoms. The summed E-state index contributed by atoms with van der Waals surface area (Å²) in [6, 6.07) is 0. The van der Waals surface area contributed by atoms with E-state index in [0.717, 1.165) is 13.0 Å². The monoisotopic (exact) mass is 312 g/mol. The molecule has 1 N–H and O–H groups in total. The molecule has 116 valence electrons. The van der Waals surface area contributed by atoms with E-state index in [1.165, 1.54) is 18.3 Å². The van der Waals surface area contributed by atoms with Gasteiger partial charge in [-0.2, -0.15) is 0 Å². The Morgan fingerprint density at radius 2 is 2.29 bits per heavy atom. The molecule has 1 aliphatic rings. The molecule has 1 aliphatic heterocycles. The first kappa shape index (κ1) is 15.9. The quantitative estimate of drug-likeness (QED) is 0.642. The SMILES string of the molecule is CCOC(=O)c1nc(NCC2CCOC2C)sc1C(C)=O. The molecule has 0 bridgehead atoms. The summed E-state index contributed by atoms with van der Waals surface area (Å²) in [5.41, 5.74) is 0.104. The van der Waals surface area contributed by atoms with Gasteiger partial charge in [0.05, 0.1) is 12.7 Å². The molecule has 2 rings (SSSR count). The van der Waals surface area contributed by atoms with E-state index in [1.807, 2.05) is 6.92 Å². The molecule has 21 heavy (non-hydrogen) atoms. The van der Waals surface area contributed by atoms with Gasteiger partial charge in [0, 0.05) is 26.0 Å². The highest BCUT2D eigenvalue weighted by molar-refractivity contribution is 7.17. The predicted octanol–water partition coefficient (Wildman–Crippen LogP) is 2.36. The number of rotatable bonds is 6. The van der Waals surface area contributed by atoms with E-state index in [9.17, 15) is 9.59 Å². The van der Waals surface area contributed by atoms with Gasteiger partial charge in [-0.25, -0.2) is 9.78 Å². The van der Waals surface area contributed by atoms with Crippen LogP contribution in [0.25, 0.3) is 0 Å². The van der Waals surface area contributed by atoms with E-state index in [2.05, 4.69) is 10.3 Å². The topological polar surface area (TPSA) is 77.5 Å². The summed E-state index contributed by atoms with van der Waals surface area (Å²) in [5, 5.41) is 3.77. The number of carbonyl (C=O) groups excluding carboxylic acids is 2. The lowest BCUT2D eigenvalue weighted by Crippen LogP contribution is -2.20. The zero-order chi connectivity index (χ0) is 15.4. The Balaban J connectivity index is 2.08. The van der Waals surface area contributed by atoms with Crippen LogP contribution in [0.1, 0.15) is 47.4 Å². The number of nitrogens with zero attached hydrogens (tertiary/aromatic N) is 1. The summed E-state index contributed by atoms with van der Waals surface area (Å²) >= 11 is 1.19. The highest BCUT2D eigenvalue weighted by atomic mass is 32.1. The van der Waals surface area contributed by atoms with Crippen LogP contribution in [0.5, 0.6) is 0 Å². The number of aromatic nitrogens is 1. The van der Waals surface area contributed by atoms with Crippen molar-refractivity contribution in [2.75, 3.05) is 25.1 Å². The number of carbonyl (C=O) groups is 2. The Morgan fingerprint density at radius 1 is 1.52 bits per heavy atom. The van der Waals surface area contributed by atoms with Crippen molar-refractivity contribution >= 4 is 28.2 Å². The summed E-state index contributed by atoms with van der Waals surface area (Å²) in [5.74, 6) is -0.313. The first-order valence-electron chi connectivity index (χ1n) is 7.07. The molecule has 0 spiro atoms. The second-order valence-corrected chi connectivity index (χ2v) is 5.98. The molecule has 0 saturated carbocycles. The number of esters is 1. The lowest BCUT2D eigenvalue weighted by atomic mass is 10.0. The van der Waals surface area contributed by atoms with Gasteiger partial charge in [0.25, 0.3) is 0 Å². The van der Waals surface area contributed by atoms with Gasteiger partial charge >= 0.3 is 5.97 Å². The van der Waals surface area contributed by atoms with E-state index in [0.29, 0.717) is 22.5 Å². The average molecular weight is 312 g/mol. The van der Waals surface area contributed by atoms with Gasteiger partial charge in [-0.3, -0.25) is 4.79 Å². The lowest BCUT2D eigenvalue weighted by molar-refractivity contribution is 0.0517. The number of anilines is 1. The minimum atomic E-state index is -0.551. The molecule has 0 amide bonds. The number of hydrogen-bond donors (Lipinski definition) is 1. The van der Waals surface area contributed by atoms with E-state index < -0.39 is 5.97 Å². The van der Waals surface area contributed by atoms with Gasteiger partial charge in [-0.15, -0.1) is 0 Å². The van der Waals surface area contributed by atoms with Crippen LogP contribution in [0, 0.1) is 5.92 Å². The molecular weight excluding hydrogens is 292 g/mol. The van der Waals surface area contributed by atoms with Gasteiger partial charge in [-0.1, -0.05) is 11.3 Å². The molecule has 1 aromatic rings. The Hall–Kier alpha value is -1.47. The van der Waals surface area contributed by atoms with Crippen molar-refractivity contribution in [2.24, 2.45) is 5.92 Å². The van der Waals surface area contributed by atoms with Gasteiger partial charge in [0.2, 0.25) is 0 Å². The van der Waals surface area contributed by atoms with Crippen LogP contribution < -0.4 is 5.32 Å². The van der Waals surface area contributed by atoms with Crippen LogP contribution in [-0.2, 0) is 9.47 Å². The number of hydrogen-bond acceptors (Lipinski definition) is 7. The zero-order valence-electron chi connectivity index (χ0n) is 12.5. The van der Waals surface area contributed by atoms with Crippen LogP contribution in [0.3, 0.4) is 0 Å². The van der Waals surface area contributed by atoms with Crippen molar-refractivity contribution in [3.8, 4) is 0 Å². The largest absolute Gasteiger partial charge is 0.461 e. The maximum Gasteiger partial charge on any atom is 0.358 e. The van der Waals surface area contributed by atoms with E-state index in [-0.39, 0.29) is 24.2 Å².